The van der Waals surface area contributed by atoms with E-state index in [-0.39, 0.29) is 45.1 Å². The Morgan fingerprint density at radius 2 is 1.10 bits per heavy atom. The van der Waals surface area contributed by atoms with Crippen LogP contribution in [-0.4, -0.2) is 72.1 Å². The zero-order valence-electron chi connectivity index (χ0n) is 25.8. The van der Waals surface area contributed by atoms with E-state index >= 15 is 0 Å². The average molecular weight is 767 g/mol. The first-order chi connectivity index (χ1) is 24.3. The number of aromatic hydroxyl groups is 2. The molecule has 7 N–H and O–H groups in total. The lowest BCUT2D eigenvalue weighted by atomic mass is 9.95. The number of ketones is 2. The number of nitrogens with zero attached hydrogens (tertiary/aromatic N) is 2. The second-order valence-electron chi connectivity index (χ2n) is 11.0. The molecule has 0 radical (unpaired) electrons. The van der Waals surface area contributed by atoms with Crippen LogP contribution >= 0.6 is 0 Å². The van der Waals surface area contributed by atoms with Gasteiger partial charge in [0.1, 0.15) is 27.0 Å². The first kappa shape index (κ1) is 35.8. The van der Waals surface area contributed by atoms with Crippen LogP contribution in [0.1, 0.15) is 31.8 Å². The minimum atomic E-state index is -5.09. The first-order valence-corrected chi connectivity index (χ1v) is 18.7. The van der Waals surface area contributed by atoms with Gasteiger partial charge in [0.25, 0.3) is 30.4 Å². The van der Waals surface area contributed by atoms with Gasteiger partial charge in [-0.25, -0.2) is 0 Å². The average Bonchev–Trinajstić information content (AvgIpc) is 3.07. The van der Waals surface area contributed by atoms with Gasteiger partial charge in [0.2, 0.25) is 11.6 Å². The normalized spacial score (nSPS) is 16.2. The van der Waals surface area contributed by atoms with E-state index in [1.54, 1.807) is 0 Å². The van der Waals surface area contributed by atoms with Crippen molar-refractivity contribution >= 4 is 75.7 Å². The summed E-state index contributed by atoms with van der Waals surface area (Å²) >= 11 is 0. The van der Waals surface area contributed by atoms with E-state index in [2.05, 4.69) is 21.1 Å². The lowest BCUT2D eigenvalue weighted by Crippen LogP contribution is -2.27. The molecule has 0 bridgehead atoms. The van der Waals surface area contributed by atoms with Crippen molar-refractivity contribution in [2.75, 3.05) is 10.9 Å². The molecule has 266 valence electrons. The van der Waals surface area contributed by atoms with Crippen molar-refractivity contribution < 1.29 is 58.7 Å². The highest BCUT2D eigenvalue weighted by Gasteiger charge is 2.34. The topological polar surface area (TPSA) is 286 Å². The summed E-state index contributed by atoms with van der Waals surface area (Å²) in [5.41, 5.74) is 3.84. The summed E-state index contributed by atoms with van der Waals surface area (Å²) in [5.74, 6) is -2.50. The minimum absolute atomic E-state index is 0.00123. The fourth-order valence-electron chi connectivity index (χ4n) is 5.22. The SMILES string of the molecule is O=C1C(=NNc2ccc(-c3ccc(NN=C4C=C(S(=O)(=O)O)c5ccccc5C4=O)c(O)c3)cc2O)C(S(=O)(=O)O)=Cc2cc(S(=O)(=O)O)ccc21. The number of allylic oxidation sites excluding steroid dienone is 2. The quantitative estimate of drug-likeness (QED) is 0.0763. The van der Waals surface area contributed by atoms with Crippen LogP contribution < -0.4 is 10.9 Å². The number of Topliss-reactive ketones (excluding diaryl/α,β-unsaturated/α-hetero) is 2. The summed E-state index contributed by atoms with van der Waals surface area (Å²) in [7, 11) is -14.5. The number of hydrazone groups is 2. The Morgan fingerprint density at radius 3 is 1.63 bits per heavy atom. The van der Waals surface area contributed by atoms with Crippen LogP contribution in [0.3, 0.4) is 0 Å². The molecule has 4 aromatic rings. The Labute approximate surface area is 294 Å². The molecule has 0 spiro atoms. The molecule has 2 aliphatic rings. The van der Waals surface area contributed by atoms with Gasteiger partial charge in [0, 0.05) is 16.7 Å². The van der Waals surface area contributed by atoms with Crippen molar-refractivity contribution in [2.45, 2.75) is 4.90 Å². The van der Waals surface area contributed by atoms with E-state index in [9.17, 15) is 58.7 Å². The number of benzene rings is 4. The number of fused-ring (bicyclic) bond motifs is 2. The van der Waals surface area contributed by atoms with Crippen molar-refractivity contribution in [3.8, 4) is 22.6 Å². The predicted octanol–water partition coefficient (Wildman–Crippen LogP) is 3.80. The maximum Gasteiger partial charge on any atom is 0.296 e. The molecule has 17 nitrogen and oxygen atoms in total. The standard InChI is InChI=1S/C32H22N4O13S3/c37-26-12-16(5-9-23(26)33-35-25-15-28(51(44,45)46)21-3-1-2-4-22(21)31(25)39)17-6-10-24(27(38)13-17)34-36-30-29(52(47,48)49)14-18-11-19(50(41,42)43)7-8-20(18)32(30)40/h1-15,33-34,37-38H,(H,41,42,43)(H,44,45,46)(H,47,48,49). The number of hydrogen-bond acceptors (Lipinski definition) is 14. The zero-order valence-corrected chi connectivity index (χ0v) is 28.2. The smallest absolute Gasteiger partial charge is 0.296 e. The molecule has 2 aliphatic carbocycles. The van der Waals surface area contributed by atoms with Gasteiger partial charge in [-0.1, -0.05) is 36.4 Å². The molecular formula is C32H22N4O13S3. The summed E-state index contributed by atoms with van der Waals surface area (Å²) in [6.07, 6.45) is 1.69. The van der Waals surface area contributed by atoms with Crippen molar-refractivity contribution in [1.29, 1.82) is 0 Å². The van der Waals surface area contributed by atoms with Crippen LogP contribution in [-0.2, 0) is 30.4 Å². The van der Waals surface area contributed by atoms with E-state index in [1.807, 2.05) is 0 Å². The van der Waals surface area contributed by atoms with E-state index in [0.717, 1.165) is 30.4 Å². The second-order valence-corrected chi connectivity index (χ2v) is 15.2. The maximum absolute atomic E-state index is 13.1. The molecule has 0 fully saturated rings. The van der Waals surface area contributed by atoms with Gasteiger partial charge in [-0.15, -0.1) is 0 Å². The lowest BCUT2D eigenvalue weighted by molar-refractivity contribution is 0.105. The Balaban J connectivity index is 1.24. The summed E-state index contributed by atoms with van der Waals surface area (Å²) in [5, 5.41) is 29.1. The molecule has 6 rings (SSSR count). The molecule has 20 heteroatoms. The molecule has 0 amide bonds. The third kappa shape index (κ3) is 6.96. The van der Waals surface area contributed by atoms with Gasteiger partial charge in [0.15, 0.2) is 5.71 Å². The lowest BCUT2D eigenvalue weighted by Gasteiger charge is -2.17. The molecule has 0 aliphatic heterocycles. The van der Waals surface area contributed by atoms with Crippen LogP contribution in [0, 0.1) is 0 Å². The van der Waals surface area contributed by atoms with E-state index in [1.165, 1.54) is 60.7 Å². The van der Waals surface area contributed by atoms with Crippen molar-refractivity contribution in [2.24, 2.45) is 10.2 Å². The van der Waals surface area contributed by atoms with Gasteiger partial charge in [0.05, 0.1) is 16.3 Å². The number of rotatable bonds is 8. The minimum Gasteiger partial charge on any atom is -0.506 e. The van der Waals surface area contributed by atoms with E-state index in [4.69, 9.17) is 0 Å². The highest BCUT2D eigenvalue weighted by Crippen LogP contribution is 2.35. The molecule has 0 saturated heterocycles. The van der Waals surface area contributed by atoms with E-state index < -0.39 is 68.1 Å². The van der Waals surface area contributed by atoms with Gasteiger partial charge in [-0.05, 0) is 71.3 Å². The third-order valence-electron chi connectivity index (χ3n) is 7.71. The summed E-state index contributed by atoms with van der Waals surface area (Å²) in [4.78, 5) is 23.9. The number of hydrogen-bond donors (Lipinski definition) is 7. The molecule has 4 aromatic carbocycles. The van der Waals surface area contributed by atoms with Crippen LogP contribution in [0.25, 0.3) is 22.1 Å². The Hall–Kier alpha value is -6.03. The van der Waals surface area contributed by atoms with Crippen LogP contribution in [0.5, 0.6) is 11.5 Å². The molecular weight excluding hydrogens is 745 g/mol. The van der Waals surface area contributed by atoms with Crippen LogP contribution in [0.15, 0.2) is 105 Å². The highest BCUT2D eigenvalue weighted by molar-refractivity contribution is 7.95. The van der Waals surface area contributed by atoms with Crippen molar-refractivity contribution in [1.82, 2.24) is 0 Å². The second kappa shape index (κ2) is 12.9. The number of carbonyl (C=O) groups is 2. The fraction of sp³-hybridized carbons (Fsp3) is 0. The van der Waals surface area contributed by atoms with Gasteiger partial charge in [-0.2, -0.15) is 35.5 Å². The molecule has 0 aromatic heterocycles. The highest BCUT2D eigenvalue weighted by atomic mass is 32.2. The van der Waals surface area contributed by atoms with Gasteiger partial charge >= 0.3 is 0 Å². The van der Waals surface area contributed by atoms with Crippen LogP contribution in [0.2, 0.25) is 0 Å². The summed E-state index contributed by atoms with van der Waals surface area (Å²) < 4.78 is 99.9. The number of nitrogens with one attached hydrogen (secondary N) is 2. The first-order valence-electron chi connectivity index (χ1n) is 14.4. The van der Waals surface area contributed by atoms with Gasteiger partial charge < -0.3 is 10.2 Å². The zero-order chi connectivity index (χ0) is 37.7. The number of phenolic OH excluding ortho intramolecular Hbond substituents is 2. The number of anilines is 2. The summed E-state index contributed by atoms with van der Waals surface area (Å²) in [6, 6.07) is 16.6. The predicted molar refractivity (Wildman–Crippen MR) is 188 cm³/mol. The monoisotopic (exact) mass is 766 g/mol. The third-order valence-corrected chi connectivity index (χ3v) is 10.3. The number of carbonyl (C=O) groups excluding carboxylic acids is 2. The molecule has 0 heterocycles. The maximum atomic E-state index is 13.1. The largest absolute Gasteiger partial charge is 0.506 e. The fourth-order valence-corrected chi connectivity index (χ4v) is 7.12. The Kier molecular flexibility index (Phi) is 8.90. The van der Waals surface area contributed by atoms with Crippen LogP contribution in [0.4, 0.5) is 11.4 Å². The van der Waals surface area contributed by atoms with Gasteiger partial charge in [-0.3, -0.25) is 34.1 Å². The number of phenols is 2. The van der Waals surface area contributed by atoms with Crippen molar-refractivity contribution in [3.63, 3.8) is 0 Å². The molecule has 0 unspecified atom stereocenters. The summed E-state index contributed by atoms with van der Waals surface area (Å²) in [6.45, 7) is 0. The van der Waals surface area contributed by atoms with Crippen molar-refractivity contribution in [3.05, 3.63) is 112 Å². The Morgan fingerprint density at radius 1 is 0.538 bits per heavy atom. The molecule has 52 heavy (non-hydrogen) atoms. The Bertz CT molecular complexity index is 2720. The molecule has 0 saturated carbocycles. The molecule has 0 atom stereocenters. The van der Waals surface area contributed by atoms with E-state index in [0.29, 0.717) is 11.1 Å².